The van der Waals surface area contributed by atoms with Crippen LogP contribution in [0.5, 0.6) is 5.75 Å². The molecule has 0 atom stereocenters. The van der Waals surface area contributed by atoms with Crippen LogP contribution >= 0.6 is 0 Å². The lowest BCUT2D eigenvalue weighted by Crippen LogP contribution is -2.25. The molecule has 1 amide bonds. The summed E-state index contributed by atoms with van der Waals surface area (Å²) in [6.07, 6.45) is 0. The number of carbonyl (C=O) groups excluding carboxylic acids is 1. The zero-order valence-electron chi connectivity index (χ0n) is 12.8. The van der Waals surface area contributed by atoms with Gasteiger partial charge in [0.2, 0.25) is 0 Å². The lowest BCUT2D eigenvalue weighted by Gasteiger charge is -2.23. The summed E-state index contributed by atoms with van der Waals surface area (Å²) < 4.78 is 5.15. The molecule has 23 heavy (non-hydrogen) atoms. The molecule has 3 rings (SSSR count). The number of benzene rings is 3. The van der Waals surface area contributed by atoms with Crippen molar-refractivity contribution in [3.05, 3.63) is 90.5 Å². The van der Waals surface area contributed by atoms with E-state index in [0.29, 0.717) is 5.56 Å². The monoisotopic (exact) mass is 303 g/mol. The van der Waals surface area contributed by atoms with Gasteiger partial charge in [-0.2, -0.15) is 0 Å². The minimum atomic E-state index is -0.0787. The number of anilines is 2. The maximum absolute atomic E-state index is 13.0. The summed E-state index contributed by atoms with van der Waals surface area (Å²) in [6.45, 7) is 0. The van der Waals surface area contributed by atoms with E-state index in [2.05, 4.69) is 0 Å². The number of rotatable bonds is 4. The molecular weight excluding hydrogens is 286 g/mol. The van der Waals surface area contributed by atoms with Crippen molar-refractivity contribution in [2.24, 2.45) is 0 Å². The molecule has 0 radical (unpaired) electrons. The average Bonchev–Trinajstić information content (AvgIpc) is 2.64. The van der Waals surface area contributed by atoms with Crippen LogP contribution in [0.25, 0.3) is 0 Å². The maximum atomic E-state index is 13.0. The van der Waals surface area contributed by atoms with Gasteiger partial charge in [-0.25, -0.2) is 0 Å². The molecule has 114 valence electrons. The number of amides is 1. The van der Waals surface area contributed by atoms with Gasteiger partial charge in [-0.1, -0.05) is 36.4 Å². The molecule has 0 unspecified atom stereocenters. The van der Waals surface area contributed by atoms with Crippen molar-refractivity contribution in [3.63, 3.8) is 0 Å². The molecule has 3 heteroatoms. The Balaban J connectivity index is 2.02. The van der Waals surface area contributed by atoms with E-state index >= 15 is 0 Å². The summed E-state index contributed by atoms with van der Waals surface area (Å²) in [6, 6.07) is 26.4. The van der Waals surface area contributed by atoms with Crippen molar-refractivity contribution in [2.45, 2.75) is 0 Å². The number of hydrogen-bond donors (Lipinski definition) is 0. The largest absolute Gasteiger partial charge is 0.497 e. The Morgan fingerprint density at radius 2 is 1.22 bits per heavy atom. The van der Waals surface area contributed by atoms with Crippen LogP contribution in [-0.2, 0) is 0 Å². The molecule has 0 N–H and O–H groups in total. The zero-order valence-corrected chi connectivity index (χ0v) is 12.8. The molecule has 0 aliphatic rings. The Bertz CT molecular complexity index is 728. The van der Waals surface area contributed by atoms with E-state index in [0.717, 1.165) is 17.1 Å². The highest BCUT2D eigenvalue weighted by Gasteiger charge is 2.19. The van der Waals surface area contributed by atoms with Crippen molar-refractivity contribution < 1.29 is 9.53 Å². The van der Waals surface area contributed by atoms with Crippen molar-refractivity contribution in [1.82, 2.24) is 0 Å². The van der Waals surface area contributed by atoms with Gasteiger partial charge in [0.15, 0.2) is 0 Å². The molecule has 0 spiro atoms. The molecule has 0 saturated heterocycles. The van der Waals surface area contributed by atoms with Crippen LogP contribution in [0.15, 0.2) is 84.9 Å². The highest BCUT2D eigenvalue weighted by molar-refractivity contribution is 6.10. The first-order valence-electron chi connectivity index (χ1n) is 7.38. The van der Waals surface area contributed by atoms with E-state index in [1.807, 2.05) is 60.7 Å². The minimum absolute atomic E-state index is 0.0787. The summed E-state index contributed by atoms with van der Waals surface area (Å²) in [4.78, 5) is 14.7. The first-order valence-corrected chi connectivity index (χ1v) is 7.38. The molecule has 0 aliphatic carbocycles. The molecule has 3 aromatic carbocycles. The molecule has 0 fully saturated rings. The number of methoxy groups -OCH3 is 1. The van der Waals surface area contributed by atoms with E-state index in [9.17, 15) is 4.79 Å². The normalized spacial score (nSPS) is 10.1. The fourth-order valence-electron chi connectivity index (χ4n) is 2.40. The van der Waals surface area contributed by atoms with Crippen molar-refractivity contribution in [1.29, 1.82) is 0 Å². The van der Waals surface area contributed by atoms with E-state index in [-0.39, 0.29) is 5.91 Å². The molecule has 0 heterocycles. The van der Waals surface area contributed by atoms with Gasteiger partial charge >= 0.3 is 0 Å². The summed E-state index contributed by atoms with van der Waals surface area (Å²) >= 11 is 0. The van der Waals surface area contributed by atoms with Gasteiger partial charge in [0.1, 0.15) is 5.75 Å². The second-order valence-corrected chi connectivity index (χ2v) is 5.04. The zero-order chi connectivity index (χ0) is 16.1. The van der Waals surface area contributed by atoms with Gasteiger partial charge in [-0.05, 0) is 48.5 Å². The Morgan fingerprint density at radius 1 is 0.739 bits per heavy atom. The van der Waals surface area contributed by atoms with Crippen LogP contribution in [0.4, 0.5) is 11.4 Å². The van der Waals surface area contributed by atoms with E-state index in [1.54, 1.807) is 36.3 Å². The third-order valence-corrected chi connectivity index (χ3v) is 3.57. The molecule has 3 aromatic rings. The first kappa shape index (κ1) is 14.9. The number of ether oxygens (including phenoxy) is 1. The fourth-order valence-corrected chi connectivity index (χ4v) is 2.40. The third-order valence-electron chi connectivity index (χ3n) is 3.57. The lowest BCUT2D eigenvalue weighted by molar-refractivity contribution is 0.0999. The van der Waals surface area contributed by atoms with Crippen LogP contribution < -0.4 is 9.64 Å². The van der Waals surface area contributed by atoms with Crippen LogP contribution in [0.2, 0.25) is 0 Å². The topological polar surface area (TPSA) is 29.5 Å². The lowest BCUT2D eigenvalue weighted by atomic mass is 10.1. The van der Waals surface area contributed by atoms with Gasteiger partial charge in [0.05, 0.1) is 7.11 Å². The molecule has 0 bridgehead atoms. The molecule has 0 aliphatic heterocycles. The SMILES string of the molecule is COc1ccc(C(=O)N(c2ccccc2)c2ccccc2)cc1. The molecular formula is C20H17NO2. The van der Waals surface area contributed by atoms with Crippen LogP contribution in [0.3, 0.4) is 0 Å². The van der Waals surface area contributed by atoms with Gasteiger partial charge < -0.3 is 4.74 Å². The number of nitrogens with zero attached hydrogens (tertiary/aromatic N) is 1. The average molecular weight is 303 g/mol. The minimum Gasteiger partial charge on any atom is -0.497 e. The number of para-hydroxylation sites is 2. The fraction of sp³-hybridized carbons (Fsp3) is 0.0500. The van der Waals surface area contributed by atoms with Crippen LogP contribution in [-0.4, -0.2) is 13.0 Å². The summed E-state index contributed by atoms with van der Waals surface area (Å²) in [7, 11) is 1.61. The smallest absolute Gasteiger partial charge is 0.262 e. The highest BCUT2D eigenvalue weighted by Crippen LogP contribution is 2.27. The maximum Gasteiger partial charge on any atom is 0.262 e. The third kappa shape index (κ3) is 3.24. The highest BCUT2D eigenvalue weighted by atomic mass is 16.5. The van der Waals surface area contributed by atoms with Gasteiger partial charge in [-0.15, -0.1) is 0 Å². The predicted octanol–water partition coefficient (Wildman–Crippen LogP) is 4.67. The Labute approximate surface area is 135 Å². The van der Waals surface area contributed by atoms with E-state index < -0.39 is 0 Å². The Kier molecular flexibility index (Phi) is 4.39. The van der Waals surface area contributed by atoms with E-state index in [4.69, 9.17) is 4.74 Å². The summed E-state index contributed by atoms with van der Waals surface area (Å²) in [5.74, 6) is 0.651. The number of hydrogen-bond acceptors (Lipinski definition) is 2. The van der Waals surface area contributed by atoms with Crippen molar-refractivity contribution in [2.75, 3.05) is 12.0 Å². The van der Waals surface area contributed by atoms with E-state index in [1.165, 1.54) is 0 Å². The van der Waals surface area contributed by atoms with Crippen LogP contribution in [0.1, 0.15) is 10.4 Å². The summed E-state index contributed by atoms with van der Waals surface area (Å²) in [5.41, 5.74) is 2.28. The van der Waals surface area contributed by atoms with Gasteiger partial charge in [0.25, 0.3) is 5.91 Å². The van der Waals surface area contributed by atoms with Gasteiger partial charge in [0, 0.05) is 16.9 Å². The molecule has 0 saturated carbocycles. The predicted molar refractivity (Wildman–Crippen MR) is 92.3 cm³/mol. The number of carbonyl (C=O) groups is 1. The second kappa shape index (κ2) is 6.79. The Morgan fingerprint density at radius 3 is 1.65 bits per heavy atom. The standard InChI is InChI=1S/C20H17NO2/c1-23-19-14-12-16(13-15-19)20(22)21(17-8-4-2-5-9-17)18-10-6-3-7-11-18/h2-15H,1H3. The van der Waals surface area contributed by atoms with Crippen molar-refractivity contribution >= 4 is 17.3 Å². The quantitative estimate of drug-likeness (QED) is 0.700. The van der Waals surface area contributed by atoms with Crippen molar-refractivity contribution in [3.8, 4) is 5.75 Å². The van der Waals surface area contributed by atoms with Crippen LogP contribution in [0, 0.1) is 0 Å². The summed E-state index contributed by atoms with van der Waals surface area (Å²) in [5, 5.41) is 0. The van der Waals surface area contributed by atoms with Gasteiger partial charge in [-0.3, -0.25) is 9.69 Å². The second-order valence-electron chi connectivity index (χ2n) is 5.04. The Hall–Kier alpha value is -3.07. The first-order chi connectivity index (χ1) is 11.3. The molecule has 3 nitrogen and oxygen atoms in total. The molecule has 0 aromatic heterocycles.